The van der Waals surface area contributed by atoms with Crippen LogP contribution in [0.2, 0.25) is 0 Å². The van der Waals surface area contributed by atoms with Crippen molar-refractivity contribution in [1.29, 1.82) is 0 Å². The lowest BCUT2D eigenvalue weighted by molar-refractivity contribution is -0.141. The van der Waals surface area contributed by atoms with Gasteiger partial charge in [0, 0.05) is 11.7 Å². The van der Waals surface area contributed by atoms with Crippen molar-refractivity contribution >= 4 is 17.6 Å². The van der Waals surface area contributed by atoms with Gasteiger partial charge in [-0.3, -0.25) is 0 Å². The lowest BCUT2D eigenvalue weighted by Gasteiger charge is -2.26. The van der Waals surface area contributed by atoms with E-state index < -0.39 is 11.9 Å². The number of hydrogen-bond acceptors (Lipinski definition) is 5. The van der Waals surface area contributed by atoms with E-state index in [1.54, 1.807) is 0 Å². The Morgan fingerprint density at radius 1 is 0.967 bits per heavy atom. The number of hydrogen-bond donors (Lipinski definition) is 0. The van der Waals surface area contributed by atoms with Crippen LogP contribution in [0.15, 0.2) is 36.0 Å². The van der Waals surface area contributed by atoms with Crippen molar-refractivity contribution < 1.29 is 19.1 Å². The predicted molar refractivity (Wildman–Crippen MR) is 120 cm³/mol. The molecule has 5 nitrogen and oxygen atoms in total. The molecule has 0 aromatic heterocycles. The Balaban J connectivity index is 2.10. The number of carbonyl (C=O) groups is 2. The predicted octanol–water partition coefficient (Wildman–Crippen LogP) is 5.57. The van der Waals surface area contributed by atoms with Crippen molar-refractivity contribution in [1.82, 2.24) is 0 Å². The molecule has 0 N–H and O–H groups in total. The first kappa shape index (κ1) is 24.0. The average molecular weight is 416 g/mol. The molecule has 1 aromatic rings. The van der Waals surface area contributed by atoms with Crippen molar-refractivity contribution in [3.63, 3.8) is 0 Å². The van der Waals surface area contributed by atoms with Crippen LogP contribution in [-0.4, -0.2) is 31.2 Å². The number of carbonyl (C=O) groups excluding carboxylic acids is 2. The lowest BCUT2D eigenvalue weighted by atomic mass is 10.1. The molecule has 0 aliphatic carbocycles. The first-order valence-corrected chi connectivity index (χ1v) is 11.5. The summed E-state index contributed by atoms with van der Waals surface area (Å²) in [7, 11) is 0. The Morgan fingerprint density at radius 3 is 2.27 bits per heavy atom. The van der Waals surface area contributed by atoms with Gasteiger partial charge in [-0.05, 0) is 37.8 Å². The minimum atomic E-state index is -0.485. The van der Waals surface area contributed by atoms with E-state index in [1.165, 1.54) is 11.6 Å². The van der Waals surface area contributed by atoms with Crippen LogP contribution < -0.4 is 4.90 Å². The van der Waals surface area contributed by atoms with Gasteiger partial charge in [0.25, 0.3) is 0 Å². The molecule has 1 aliphatic heterocycles. The van der Waals surface area contributed by atoms with Crippen LogP contribution in [0.5, 0.6) is 0 Å². The Labute approximate surface area is 181 Å². The molecule has 1 aliphatic rings. The third kappa shape index (κ3) is 7.19. The maximum atomic E-state index is 12.9. The monoisotopic (exact) mass is 415 g/mol. The first-order chi connectivity index (χ1) is 14.6. The minimum Gasteiger partial charge on any atom is -0.462 e. The fourth-order valence-electron chi connectivity index (χ4n) is 3.78. The summed E-state index contributed by atoms with van der Waals surface area (Å²) in [5.74, 6) is -0.945. The summed E-state index contributed by atoms with van der Waals surface area (Å²) < 4.78 is 10.9. The molecule has 1 unspecified atom stereocenters. The molecule has 0 saturated heterocycles. The van der Waals surface area contributed by atoms with Gasteiger partial charge in [-0.2, -0.15) is 0 Å². The van der Waals surface area contributed by atoms with Gasteiger partial charge < -0.3 is 14.4 Å². The highest BCUT2D eigenvalue weighted by Crippen LogP contribution is 2.35. The highest BCUT2D eigenvalue weighted by molar-refractivity contribution is 6.00. The molecule has 5 heteroatoms. The Bertz CT molecular complexity index is 713. The van der Waals surface area contributed by atoms with E-state index in [2.05, 4.69) is 26.8 Å². The van der Waals surface area contributed by atoms with Crippen molar-refractivity contribution in [3.8, 4) is 0 Å². The van der Waals surface area contributed by atoms with Crippen LogP contribution in [-0.2, 0) is 25.5 Å². The van der Waals surface area contributed by atoms with Gasteiger partial charge in [-0.25, -0.2) is 9.59 Å². The van der Waals surface area contributed by atoms with E-state index in [0.717, 1.165) is 63.5 Å². The number of anilines is 1. The van der Waals surface area contributed by atoms with E-state index in [1.807, 2.05) is 23.1 Å². The van der Waals surface area contributed by atoms with E-state index in [4.69, 9.17) is 9.47 Å². The molecule has 30 heavy (non-hydrogen) atoms. The molecule has 2 rings (SSSR count). The van der Waals surface area contributed by atoms with Gasteiger partial charge >= 0.3 is 11.9 Å². The fraction of sp³-hybridized carbons (Fsp3) is 0.600. The molecule has 1 heterocycles. The largest absolute Gasteiger partial charge is 0.462 e. The Kier molecular flexibility index (Phi) is 10.5. The second kappa shape index (κ2) is 13.1. The molecular weight excluding hydrogens is 378 g/mol. The number of benzene rings is 1. The van der Waals surface area contributed by atoms with E-state index in [0.29, 0.717) is 13.2 Å². The number of fused-ring (bicyclic) bond motifs is 1. The van der Waals surface area contributed by atoms with Crippen LogP contribution >= 0.6 is 0 Å². The topological polar surface area (TPSA) is 55.8 Å². The lowest BCUT2D eigenvalue weighted by Crippen LogP contribution is -2.34. The molecule has 0 spiro atoms. The maximum absolute atomic E-state index is 12.9. The normalized spacial score (nSPS) is 15.8. The SMILES string of the molecule is CCCCCCOC(=O)C=C(C(=O)OCCCCCC)N1c2ccccc2CC1C. The number of nitrogens with zero attached hydrogens (tertiary/aromatic N) is 1. The quantitative estimate of drug-likeness (QED) is 0.239. The summed E-state index contributed by atoms with van der Waals surface area (Å²) in [4.78, 5) is 27.3. The van der Waals surface area contributed by atoms with Crippen LogP contribution in [0.3, 0.4) is 0 Å². The summed E-state index contributed by atoms with van der Waals surface area (Å²) in [5, 5.41) is 0. The fourth-order valence-corrected chi connectivity index (χ4v) is 3.78. The first-order valence-electron chi connectivity index (χ1n) is 11.5. The van der Waals surface area contributed by atoms with Crippen molar-refractivity contribution in [2.24, 2.45) is 0 Å². The number of rotatable bonds is 13. The highest BCUT2D eigenvalue weighted by atomic mass is 16.5. The molecule has 0 radical (unpaired) electrons. The second-order valence-corrected chi connectivity index (χ2v) is 8.01. The average Bonchev–Trinajstić information content (AvgIpc) is 3.07. The molecule has 0 saturated carbocycles. The molecule has 1 atom stereocenters. The standard InChI is InChI=1S/C25H37NO4/c1-4-6-8-12-16-29-24(27)19-23(25(28)30-17-13-9-7-5-2)26-20(3)18-21-14-10-11-15-22(21)26/h10-11,14-15,19-20H,4-9,12-13,16-18H2,1-3H3. The third-order valence-electron chi connectivity index (χ3n) is 5.40. The van der Waals surface area contributed by atoms with Gasteiger partial charge in [-0.1, -0.05) is 70.6 Å². The van der Waals surface area contributed by atoms with E-state index >= 15 is 0 Å². The zero-order valence-corrected chi connectivity index (χ0v) is 18.8. The van der Waals surface area contributed by atoms with Gasteiger partial charge in [0.2, 0.25) is 0 Å². The molecular formula is C25H37NO4. The third-order valence-corrected chi connectivity index (χ3v) is 5.40. The summed E-state index contributed by atoms with van der Waals surface area (Å²) >= 11 is 0. The molecule has 0 fully saturated rings. The van der Waals surface area contributed by atoms with Crippen LogP contribution in [0, 0.1) is 0 Å². The number of unbranched alkanes of at least 4 members (excludes halogenated alkanes) is 6. The molecule has 166 valence electrons. The Hall–Kier alpha value is -2.30. The summed E-state index contributed by atoms with van der Waals surface area (Å²) in [6.07, 6.45) is 10.4. The second-order valence-electron chi connectivity index (χ2n) is 8.01. The van der Waals surface area contributed by atoms with Crippen LogP contribution in [0.25, 0.3) is 0 Å². The Morgan fingerprint density at radius 2 is 1.60 bits per heavy atom. The summed E-state index contributed by atoms with van der Waals surface area (Å²) in [6.45, 7) is 7.09. The summed E-state index contributed by atoms with van der Waals surface area (Å²) in [5.41, 5.74) is 2.39. The number of ether oxygens (including phenoxy) is 2. The van der Waals surface area contributed by atoms with E-state index in [9.17, 15) is 9.59 Å². The number of esters is 2. The molecule has 0 bridgehead atoms. The summed E-state index contributed by atoms with van der Waals surface area (Å²) in [6, 6.07) is 8.06. The van der Waals surface area contributed by atoms with E-state index in [-0.39, 0.29) is 11.7 Å². The van der Waals surface area contributed by atoms with Crippen LogP contribution in [0.4, 0.5) is 5.69 Å². The minimum absolute atomic E-state index is 0.0682. The highest BCUT2D eigenvalue weighted by Gasteiger charge is 2.32. The smallest absolute Gasteiger partial charge is 0.355 e. The van der Waals surface area contributed by atoms with Gasteiger partial charge in [0.05, 0.1) is 19.3 Å². The maximum Gasteiger partial charge on any atom is 0.355 e. The molecule has 0 amide bonds. The van der Waals surface area contributed by atoms with Crippen LogP contribution in [0.1, 0.15) is 77.7 Å². The van der Waals surface area contributed by atoms with Gasteiger partial charge in [0.15, 0.2) is 0 Å². The van der Waals surface area contributed by atoms with Crippen molar-refractivity contribution in [2.45, 2.75) is 84.6 Å². The zero-order chi connectivity index (χ0) is 21.8. The molecule has 1 aromatic carbocycles. The number of para-hydroxylation sites is 1. The van der Waals surface area contributed by atoms with Gasteiger partial charge in [-0.15, -0.1) is 0 Å². The zero-order valence-electron chi connectivity index (χ0n) is 18.8. The van der Waals surface area contributed by atoms with Crippen molar-refractivity contribution in [2.75, 3.05) is 18.1 Å². The van der Waals surface area contributed by atoms with Gasteiger partial charge in [0.1, 0.15) is 5.70 Å². The van der Waals surface area contributed by atoms with Crippen molar-refractivity contribution in [3.05, 3.63) is 41.6 Å².